The van der Waals surface area contributed by atoms with E-state index < -0.39 is 0 Å². The molecule has 2 atom stereocenters. The summed E-state index contributed by atoms with van der Waals surface area (Å²) < 4.78 is 0. The van der Waals surface area contributed by atoms with E-state index in [1.54, 1.807) is 0 Å². The predicted molar refractivity (Wildman–Crippen MR) is 116 cm³/mol. The van der Waals surface area contributed by atoms with E-state index in [0.717, 1.165) is 50.1 Å². The third-order valence-electron chi connectivity index (χ3n) is 6.84. The van der Waals surface area contributed by atoms with Gasteiger partial charge in [0.2, 0.25) is 11.8 Å². The van der Waals surface area contributed by atoms with Crippen molar-refractivity contribution in [3.8, 4) is 0 Å². The van der Waals surface area contributed by atoms with Crippen molar-refractivity contribution in [1.82, 2.24) is 15.5 Å². The maximum absolute atomic E-state index is 13.5. The molecule has 2 bridgehead atoms. The molecule has 1 saturated carbocycles. The number of nitrogens with zero attached hydrogens (tertiary/aromatic N) is 1. The van der Waals surface area contributed by atoms with E-state index in [2.05, 4.69) is 31.4 Å². The monoisotopic (exact) mass is 407 g/mol. The molecule has 4 aliphatic rings. The van der Waals surface area contributed by atoms with Gasteiger partial charge in [-0.2, -0.15) is 0 Å². The fourth-order valence-corrected chi connectivity index (χ4v) is 5.16. The van der Waals surface area contributed by atoms with Crippen LogP contribution in [-0.4, -0.2) is 53.8 Å². The molecular formula is C22H37N3O2S. The Morgan fingerprint density at radius 2 is 1.86 bits per heavy atom. The molecule has 4 fully saturated rings. The zero-order chi connectivity index (χ0) is 20.3. The van der Waals surface area contributed by atoms with Crippen molar-refractivity contribution < 1.29 is 9.59 Å². The maximum Gasteiger partial charge on any atom is 0.226 e. The van der Waals surface area contributed by atoms with Gasteiger partial charge in [0.1, 0.15) is 0 Å². The molecule has 0 aromatic heterocycles. The quantitative estimate of drug-likeness (QED) is 0.606. The first-order chi connectivity index (χ1) is 13.3. The molecule has 0 unspecified atom stereocenters. The Kier molecular flexibility index (Phi) is 7.13. The number of nitrogens with one attached hydrogen (secondary N) is 2. The van der Waals surface area contributed by atoms with Crippen LogP contribution >= 0.6 is 12.2 Å². The lowest BCUT2D eigenvalue weighted by Crippen LogP contribution is -2.49. The molecule has 1 aliphatic carbocycles. The molecule has 0 aromatic rings. The predicted octanol–water partition coefficient (Wildman–Crippen LogP) is 2.93. The largest absolute Gasteiger partial charge is 0.354 e. The van der Waals surface area contributed by atoms with Gasteiger partial charge in [-0.15, -0.1) is 0 Å². The van der Waals surface area contributed by atoms with E-state index in [1.165, 1.54) is 6.42 Å². The Morgan fingerprint density at radius 3 is 2.57 bits per heavy atom. The molecule has 0 spiro atoms. The first-order valence-electron chi connectivity index (χ1n) is 11.1. The summed E-state index contributed by atoms with van der Waals surface area (Å²) in [5.74, 6) is 1.15. The smallest absolute Gasteiger partial charge is 0.226 e. The van der Waals surface area contributed by atoms with Gasteiger partial charge < -0.3 is 15.5 Å². The fourth-order valence-electron chi connectivity index (χ4n) is 4.89. The average Bonchev–Trinajstić information content (AvgIpc) is 3.05. The topological polar surface area (TPSA) is 61.4 Å². The van der Waals surface area contributed by atoms with Gasteiger partial charge in [0, 0.05) is 42.4 Å². The van der Waals surface area contributed by atoms with Crippen LogP contribution in [0.5, 0.6) is 0 Å². The summed E-state index contributed by atoms with van der Waals surface area (Å²) >= 11 is 5.64. The molecule has 3 heterocycles. The zero-order valence-corrected chi connectivity index (χ0v) is 18.6. The second-order valence-corrected chi connectivity index (χ2v) is 10.7. The molecule has 6 heteroatoms. The SMILES string of the molecule is CC(C)(C)[C@@H]1CC(=S)CNCCCC2CC(C2)C(=O)NC[C@H]2CCCN2C1=O. The Hall–Kier alpha value is -1.01. The highest BCUT2D eigenvalue weighted by atomic mass is 32.1. The van der Waals surface area contributed by atoms with Crippen LogP contribution in [0.4, 0.5) is 0 Å². The summed E-state index contributed by atoms with van der Waals surface area (Å²) in [6, 6.07) is 0.125. The average molecular weight is 408 g/mol. The summed E-state index contributed by atoms with van der Waals surface area (Å²) in [5.41, 5.74) is -0.137. The lowest BCUT2D eigenvalue weighted by Gasteiger charge is -2.36. The Morgan fingerprint density at radius 1 is 1.11 bits per heavy atom. The van der Waals surface area contributed by atoms with Crippen LogP contribution in [0.15, 0.2) is 0 Å². The minimum absolute atomic E-state index is 0.110. The number of hydrogen-bond donors (Lipinski definition) is 2. The minimum Gasteiger partial charge on any atom is -0.354 e. The van der Waals surface area contributed by atoms with Gasteiger partial charge in [-0.3, -0.25) is 9.59 Å². The maximum atomic E-state index is 13.5. The Labute approximate surface area is 175 Å². The highest BCUT2D eigenvalue weighted by molar-refractivity contribution is 7.80. The van der Waals surface area contributed by atoms with E-state index in [4.69, 9.17) is 12.2 Å². The first-order valence-corrected chi connectivity index (χ1v) is 11.5. The van der Waals surface area contributed by atoms with Crippen LogP contribution in [0.2, 0.25) is 0 Å². The number of hydrogen-bond acceptors (Lipinski definition) is 4. The third-order valence-corrected chi connectivity index (χ3v) is 7.15. The summed E-state index contributed by atoms with van der Waals surface area (Å²) in [5, 5.41) is 6.61. The van der Waals surface area contributed by atoms with Crippen molar-refractivity contribution in [3.05, 3.63) is 0 Å². The van der Waals surface area contributed by atoms with E-state index in [9.17, 15) is 9.59 Å². The van der Waals surface area contributed by atoms with Crippen LogP contribution in [0.3, 0.4) is 0 Å². The van der Waals surface area contributed by atoms with Gasteiger partial charge in [-0.25, -0.2) is 0 Å². The first kappa shape index (κ1) is 21.7. The molecule has 2 N–H and O–H groups in total. The van der Waals surface area contributed by atoms with Crippen LogP contribution in [-0.2, 0) is 9.59 Å². The van der Waals surface area contributed by atoms with Crippen molar-refractivity contribution in [2.45, 2.75) is 71.8 Å². The van der Waals surface area contributed by atoms with Crippen LogP contribution < -0.4 is 10.6 Å². The normalized spacial score (nSPS) is 33.7. The van der Waals surface area contributed by atoms with Crippen LogP contribution in [0.25, 0.3) is 0 Å². The fraction of sp³-hybridized carbons (Fsp3) is 0.864. The highest BCUT2D eigenvalue weighted by Gasteiger charge is 2.40. The summed E-state index contributed by atoms with van der Waals surface area (Å²) in [7, 11) is 0. The second-order valence-electron chi connectivity index (χ2n) is 10.1. The summed E-state index contributed by atoms with van der Waals surface area (Å²) in [6.07, 6.45) is 6.99. The van der Waals surface area contributed by atoms with E-state index in [1.807, 2.05) is 4.90 Å². The minimum atomic E-state index is -0.137. The van der Waals surface area contributed by atoms with Crippen molar-refractivity contribution >= 4 is 28.9 Å². The number of thiocarbonyl (C=S) groups is 1. The van der Waals surface area contributed by atoms with Gasteiger partial charge in [-0.05, 0) is 62.8 Å². The molecule has 0 aromatic carbocycles. The Bertz CT molecular complexity index is 595. The number of amides is 2. The summed E-state index contributed by atoms with van der Waals surface area (Å²) in [4.78, 5) is 28.9. The molecule has 3 saturated heterocycles. The molecule has 0 radical (unpaired) electrons. The Balaban J connectivity index is 1.72. The molecule has 2 amide bonds. The van der Waals surface area contributed by atoms with Crippen LogP contribution in [0, 0.1) is 23.2 Å². The number of fused-ring (bicyclic) bond motifs is 10. The third kappa shape index (κ3) is 5.32. The van der Waals surface area contributed by atoms with Gasteiger partial charge >= 0.3 is 0 Å². The van der Waals surface area contributed by atoms with E-state index in [0.29, 0.717) is 25.4 Å². The van der Waals surface area contributed by atoms with Crippen molar-refractivity contribution in [1.29, 1.82) is 0 Å². The zero-order valence-electron chi connectivity index (χ0n) is 17.8. The van der Waals surface area contributed by atoms with Gasteiger partial charge in [0.05, 0.1) is 0 Å². The lowest BCUT2D eigenvalue weighted by atomic mass is 9.72. The van der Waals surface area contributed by atoms with Gasteiger partial charge in [-0.1, -0.05) is 33.0 Å². The van der Waals surface area contributed by atoms with Crippen molar-refractivity contribution in [2.75, 3.05) is 26.2 Å². The molecule has 3 aliphatic heterocycles. The number of carbonyl (C=O) groups excluding carboxylic acids is 2. The van der Waals surface area contributed by atoms with E-state index >= 15 is 0 Å². The molecule has 4 rings (SSSR count). The number of rotatable bonds is 0. The molecule has 28 heavy (non-hydrogen) atoms. The van der Waals surface area contributed by atoms with E-state index in [-0.39, 0.29) is 35.1 Å². The second kappa shape index (κ2) is 9.21. The molecular weight excluding hydrogens is 370 g/mol. The van der Waals surface area contributed by atoms with Gasteiger partial charge in [0.15, 0.2) is 0 Å². The van der Waals surface area contributed by atoms with Crippen LogP contribution in [0.1, 0.15) is 65.7 Å². The highest BCUT2D eigenvalue weighted by Crippen LogP contribution is 2.37. The lowest BCUT2D eigenvalue weighted by molar-refractivity contribution is -0.140. The number of carbonyl (C=O) groups is 2. The van der Waals surface area contributed by atoms with Crippen molar-refractivity contribution in [2.24, 2.45) is 23.2 Å². The summed E-state index contributed by atoms with van der Waals surface area (Å²) in [6.45, 7) is 9.45. The van der Waals surface area contributed by atoms with Gasteiger partial charge in [0.25, 0.3) is 0 Å². The van der Waals surface area contributed by atoms with Crippen molar-refractivity contribution in [3.63, 3.8) is 0 Å². The molecule has 5 nitrogen and oxygen atoms in total. The molecule has 158 valence electrons. The standard InChI is InChI=1S/C22H37N3O2S/c1-22(2,3)19-12-18(28)14-23-8-4-6-15-10-16(11-15)20(26)24-13-17-7-5-9-25(17)21(19)27/h15-17,19,23H,4-14H2,1-3H3,(H,24,26)/t15?,16?,17-,19-/m1/s1.